The number of nitrogens with zero attached hydrogens (tertiary/aromatic N) is 1. The molecule has 0 unspecified atom stereocenters. The van der Waals surface area contributed by atoms with Gasteiger partial charge in [0.1, 0.15) is 17.2 Å². The monoisotopic (exact) mass is 655 g/mol. The number of amides is 3. The highest BCUT2D eigenvalue weighted by Gasteiger charge is 2.20. The van der Waals surface area contributed by atoms with E-state index in [9.17, 15) is 23.2 Å². The molecule has 4 rings (SSSR count). The second-order valence-corrected chi connectivity index (χ2v) is 12.1. The van der Waals surface area contributed by atoms with Gasteiger partial charge in [-0.25, -0.2) is 13.6 Å². The smallest absolute Gasteiger partial charge is 0.407 e. The fourth-order valence-electron chi connectivity index (χ4n) is 5.18. The fourth-order valence-corrected chi connectivity index (χ4v) is 5.18. The molecule has 3 amide bonds. The Balaban J connectivity index is 1.69. The molecule has 3 aromatic carbocycles. The van der Waals surface area contributed by atoms with Gasteiger partial charge in [-0.1, -0.05) is 24.3 Å². The number of rotatable bonds is 11. The molecule has 0 spiro atoms. The molecule has 0 saturated heterocycles. The van der Waals surface area contributed by atoms with Gasteiger partial charge >= 0.3 is 6.09 Å². The lowest BCUT2D eigenvalue weighted by atomic mass is 9.96. The third-order valence-electron chi connectivity index (χ3n) is 7.16. The van der Waals surface area contributed by atoms with Gasteiger partial charge in [-0.2, -0.15) is 0 Å². The number of allylic oxidation sites excluding steroid dienone is 3. The number of nitrogens with two attached hydrogens (primary N) is 1. The Kier molecular flexibility index (Phi) is 11.3. The maximum Gasteiger partial charge on any atom is 0.407 e. The lowest BCUT2D eigenvalue weighted by Gasteiger charge is -2.19. The van der Waals surface area contributed by atoms with Crippen LogP contribution in [0.2, 0.25) is 0 Å². The minimum Gasteiger partial charge on any atom is -0.444 e. The van der Waals surface area contributed by atoms with Crippen LogP contribution in [0, 0.1) is 11.6 Å². The lowest BCUT2D eigenvalue weighted by molar-refractivity contribution is -0.119. The third-order valence-corrected chi connectivity index (χ3v) is 7.16. The number of carbonyl (C=O) groups is 3. The molecule has 0 aliphatic carbocycles. The minimum absolute atomic E-state index is 0.0462. The van der Waals surface area contributed by atoms with E-state index in [2.05, 4.69) is 20.6 Å². The normalized spacial score (nSPS) is 12.6. The van der Waals surface area contributed by atoms with E-state index in [0.29, 0.717) is 28.1 Å². The highest BCUT2D eigenvalue weighted by atomic mass is 19.1. The van der Waals surface area contributed by atoms with Crippen LogP contribution < -0.4 is 16.4 Å². The van der Waals surface area contributed by atoms with Gasteiger partial charge in [0.05, 0.1) is 12.1 Å². The van der Waals surface area contributed by atoms with Gasteiger partial charge in [0.2, 0.25) is 11.8 Å². The molecule has 0 radical (unpaired) electrons. The first-order chi connectivity index (χ1) is 22.8. The molecule has 4 aromatic rings. The van der Waals surface area contributed by atoms with Crippen LogP contribution in [0.25, 0.3) is 16.5 Å². The van der Waals surface area contributed by atoms with E-state index in [-0.39, 0.29) is 30.5 Å². The highest BCUT2D eigenvalue weighted by Crippen LogP contribution is 2.29. The van der Waals surface area contributed by atoms with Crippen molar-refractivity contribution in [1.29, 1.82) is 0 Å². The van der Waals surface area contributed by atoms with Crippen molar-refractivity contribution in [3.8, 4) is 0 Å². The van der Waals surface area contributed by atoms with E-state index in [1.54, 1.807) is 77.4 Å². The quantitative estimate of drug-likeness (QED) is 0.103. The molecule has 1 aromatic heterocycles. The number of aromatic nitrogens is 1. The van der Waals surface area contributed by atoms with E-state index in [1.807, 2.05) is 18.2 Å². The number of alkyl carbamates (subject to hydrolysis) is 1. The van der Waals surface area contributed by atoms with Crippen LogP contribution >= 0.6 is 0 Å². The lowest BCUT2D eigenvalue weighted by Crippen LogP contribution is -2.32. The number of aliphatic imine (C=N–C) groups is 1. The molecule has 9 nitrogen and oxygen atoms in total. The highest BCUT2D eigenvalue weighted by molar-refractivity contribution is 5.95. The SMILES string of the molecule is CC=NC(/C(=C\C)c1cccc(C(N)=O)c1)=C(/Cc1cc(F)cc(F)c1)NC(=O)Cc1c[nH]c2ccc(CNC(=O)OC(C)(C)C)cc12. The average Bonchev–Trinajstić information content (AvgIpc) is 3.40. The number of hydrogen-bond acceptors (Lipinski definition) is 5. The minimum atomic E-state index is -0.757. The zero-order chi connectivity index (χ0) is 35.0. The Morgan fingerprint density at radius 3 is 2.29 bits per heavy atom. The van der Waals surface area contributed by atoms with Crippen LogP contribution in [0.1, 0.15) is 67.2 Å². The molecule has 0 fully saturated rings. The van der Waals surface area contributed by atoms with Crippen molar-refractivity contribution >= 4 is 40.6 Å². The second-order valence-electron chi connectivity index (χ2n) is 12.1. The summed E-state index contributed by atoms with van der Waals surface area (Å²) in [6.07, 6.45) is 4.40. The number of halogens is 2. The van der Waals surface area contributed by atoms with Gasteiger partial charge in [-0.05, 0) is 93.3 Å². The van der Waals surface area contributed by atoms with E-state index in [0.717, 1.165) is 22.5 Å². The van der Waals surface area contributed by atoms with Gasteiger partial charge in [0.15, 0.2) is 0 Å². The Morgan fingerprint density at radius 2 is 1.65 bits per heavy atom. The molecular weight excluding hydrogens is 616 g/mol. The standard InChI is InChI=1S/C37H39F2N5O4/c1-6-29(24-9-8-10-25(17-24)35(40)46)34(41-7-2)32(16-23-13-27(38)19-28(39)14-23)44-33(45)18-26-21-42-31-12-11-22(15-30(26)31)20-43-36(47)48-37(3,4)5/h6-15,17,19,21,42H,16,18,20H2,1-5H3,(H2,40,46)(H,43,47)(H,44,45)/b29-6-,34-32-,41-7?. The first kappa shape index (κ1) is 35.3. The number of ether oxygens (including phenoxy) is 1. The summed E-state index contributed by atoms with van der Waals surface area (Å²) in [6, 6.07) is 15.4. The summed E-state index contributed by atoms with van der Waals surface area (Å²) in [5.41, 5.74) is 9.56. The van der Waals surface area contributed by atoms with Crippen molar-refractivity contribution in [2.75, 3.05) is 0 Å². The van der Waals surface area contributed by atoms with Gasteiger partial charge in [-0.3, -0.25) is 14.6 Å². The number of aromatic amines is 1. The summed E-state index contributed by atoms with van der Waals surface area (Å²) >= 11 is 0. The number of nitrogens with one attached hydrogen (secondary N) is 3. The van der Waals surface area contributed by atoms with Crippen molar-refractivity contribution in [3.63, 3.8) is 0 Å². The summed E-state index contributed by atoms with van der Waals surface area (Å²) in [5, 5.41) is 6.48. The molecule has 0 saturated carbocycles. The Labute approximate surface area is 278 Å². The Bertz CT molecular complexity index is 1920. The van der Waals surface area contributed by atoms with Crippen LogP contribution in [0.5, 0.6) is 0 Å². The van der Waals surface area contributed by atoms with Crippen LogP contribution in [-0.4, -0.2) is 34.7 Å². The number of primary amides is 1. The summed E-state index contributed by atoms with van der Waals surface area (Å²) in [4.78, 5) is 45.5. The molecule has 48 heavy (non-hydrogen) atoms. The van der Waals surface area contributed by atoms with Gasteiger partial charge < -0.3 is 26.1 Å². The molecule has 0 bridgehead atoms. The maximum atomic E-state index is 14.2. The second kappa shape index (κ2) is 15.3. The van der Waals surface area contributed by atoms with Crippen LogP contribution in [-0.2, 0) is 28.9 Å². The number of H-pyrrole nitrogens is 1. The van der Waals surface area contributed by atoms with Crippen LogP contribution in [0.3, 0.4) is 0 Å². The fraction of sp³-hybridized carbons (Fsp3) is 0.243. The number of hydrogen-bond donors (Lipinski definition) is 4. The predicted octanol–water partition coefficient (Wildman–Crippen LogP) is 6.88. The molecule has 0 aliphatic heterocycles. The van der Waals surface area contributed by atoms with E-state index in [4.69, 9.17) is 10.5 Å². The van der Waals surface area contributed by atoms with Crippen molar-refractivity contribution in [1.82, 2.24) is 15.6 Å². The first-order valence-electron chi connectivity index (χ1n) is 15.4. The number of carbonyl (C=O) groups excluding carboxylic acids is 3. The molecule has 11 heteroatoms. The van der Waals surface area contributed by atoms with Gasteiger partial charge in [0, 0.05) is 59.2 Å². The van der Waals surface area contributed by atoms with E-state index in [1.165, 1.54) is 12.1 Å². The van der Waals surface area contributed by atoms with Crippen LogP contribution in [0.15, 0.2) is 89.3 Å². The third kappa shape index (κ3) is 9.47. The summed E-state index contributed by atoms with van der Waals surface area (Å²) in [5.74, 6) is -2.52. The van der Waals surface area contributed by atoms with Crippen molar-refractivity contribution in [2.45, 2.75) is 59.6 Å². The Morgan fingerprint density at radius 1 is 0.938 bits per heavy atom. The summed E-state index contributed by atoms with van der Waals surface area (Å²) < 4.78 is 33.8. The number of benzene rings is 3. The molecule has 5 N–H and O–H groups in total. The molecular formula is C37H39F2N5O4. The van der Waals surface area contributed by atoms with E-state index < -0.39 is 35.1 Å². The van der Waals surface area contributed by atoms with Crippen LogP contribution in [0.4, 0.5) is 13.6 Å². The van der Waals surface area contributed by atoms with Crippen molar-refractivity contribution in [3.05, 3.63) is 124 Å². The molecule has 0 atom stereocenters. The molecule has 1 heterocycles. The average molecular weight is 656 g/mol. The topological polar surface area (TPSA) is 139 Å². The summed E-state index contributed by atoms with van der Waals surface area (Å²) in [6.45, 7) is 9.05. The Hall–Kier alpha value is -5.58. The van der Waals surface area contributed by atoms with Gasteiger partial charge in [-0.15, -0.1) is 0 Å². The van der Waals surface area contributed by atoms with E-state index >= 15 is 0 Å². The van der Waals surface area contributed by atoms with Gasteiger partial charge in [0.25, 0.3) is 0 Å². The zero-order valence-corrected chi connectivity index (χ0v) is 27.5. The predicted molar refractivity (Wildman–Crippen MR) is 183 cm³/mol. The van der Waals surface area contributed by atoms with Crippen molar-refractivity contribution in [2.24, 2.45) is 10.7 Å². The molecule has 0 aliphatic rings. The molecule has 250 valence electrons. The van der Waals surface area contributed by atoms with Crippen molar-refractivity contribution < 1.29 is 27.9 Å². The maximum absolute atomic E-state index is 14.2. The first-order valence-corrected chi connectivity index (χ1v) is 15.4. The number of fused-ring (bicyclic) bond motifs is 1. The zero-order valence-electron chi connectivity index (χ0n) is 27.5. The largest absolute Gasteiger partial charge is 0.444 e. The summed E-state index contributed by atoms with van der Waals surface area (Å²) in [7, 11) is 0.